The maximum atomic E-state index is 13.4. The van der Waals surface area contributed by atoms with E-state index in [1.807, 2.05) is 26.8 Å². The number of hydrogen-bond acceptors (Lipinski definition) is 7. The third-order valence-corrected chi connectivity index (χ3v) is 6.63. The molecule has 1 amide bonds. The minimum atomic E-state index is -1.28. The van der Waals surface area contributed by atoms with Gasteiger partial charge in [-0.25, -0.2) is 4.79 Å². The fourth-order valence-electron chi connectivity index (χ4n) is 5.10. The first-order chi connectivity index (χ1) is 15.7. The van der Waals surface area contributed by atoms with Crippen LogP contribution in [-0.2, 0) is 11.3 Å². The first-order valence-corrected chi connectivity index (χ1v) is 11.2. The fraction of sp³-hybridized carbons (Fsp3) is 0.458. The summed E-state index contributed by atoms with van der Waals surface area (Å²) in [6.45, 7) is 6.65. The molecule has 1 aliphatic heterocycles. The van der Waals surface area contributed by atoms with Gasteiger partial charge in [0.25, 0.3) is 5.91 Å². The molecule has 2 aliphatic rings. The van der Waals surface area contributed by atoms with Crippen molar-refractivity contribution in [1.82, 2.24) is 15.1 Å². The number of amides is 1. The number of methoxy groups -OCH3 is 1. The van der Waals surface area contributed by atoms with Crippen LogP contribution in [0.25, 0.3) is 0 Å². The number of hydrogen-bond donors (Lipinski definition) is 3. The Morgan fingerprint density at radius 1 is 1.39 bits per heavy atom. The number of ether oxygens (including phenoxy) is 2. The van der Waals surface area contributed by atoms with Crippen molar-refractivity contribution in [2.24, 2.45) is 17.4 Å². The number of aromatic nitrogens is 2. The van der Waals surface area contributed by atoms with Crippen LogP contribution < -0.4 is 21.5 Å². The molecule has 0 fully saturated rings. The highest BCUT2D eigenvalue weighted by molar-refractivity contribution is 5.94. The summed E-state index contributed by atoms with van der Waals surface area (Å²) in [4.78, 5) is 25.6. The lowest BCUT2D eigenvalue weighted by atomic mass is 9.77. The summed E-state index contributed by atoms with van der Waals surface area (Å²) in [5.74, 6) is -0.570. The molecule has 9 heteroatoms. The van der Waals surface area contributed by atoms with Crippen molar-refractivity contribution in [2.75, 3.05) is 13.7 Å². The number of nitrogens with one attached hydrogen (secondary N) is 1. The number of carbonyl (C=O) groups excluding carboxylic acids is 2. The summed E-state index contributed by atoms with van der Waals surface area (Å²) < 4.78 is 12.6. The molecule has 4 rings (SSSR count). The van der Waals surface area contributed by atoms with Gasteiger partial charge in [-0.05, 0) is 51.0 Å². The molecule has 2 heterocycles. The molecule has 2 aromatic rings. The zero-order valence-electron chi connectivity index (χ0n) is 19.4. The molecule has 9 nitrogen and oxygen atoms in total. The van der Waals surface area contributed by atoms with Gasteiger partial charge in [-0.15, -0.1) is 0 Å². The second kappa shape index (κ2) is 8.64. The van der Waals surface area contributed by atoms with E-state index >= 15 is 0 Å². The largest absolute Gasteiger partial charge is 0.493 e. The fourth-order valence-corrected chi connectivity index (χ4v) is 5.10. The lowest BCUT2D eigenvalue weighted by Crippen LogP contribution is -2.64. The molecular weight excluding hydrogens is 422 g/mol. The van der Waals surface area contributed by atoms with Crippen LogP contribution in [0, 0.1) is 12.8 Å². The highest BCUT2D eigenvalue weighted by Crippen LogP contribution is 2.55. The predicted molar refractivity (Wildman–Crippen MR) is 123 cm³/mol. The van der Waals surface area contributed by atoms with Gasteiger partial charge in [0.15, 0.2) is 0 Å². The monoisotopic (exact) mass is 453 g/mol. The summed E-state index contributed by atoms with van der Waals surface area (Å²) >= 11 is 0. The Morgan fingerprint density at radius 2 is 2.15 bits per heavy atom. The van der Waals surface area contributed by atoms with Crippen molar-refractivity contribution >= 4 is 11.9 Å². The van der Waals surface area contributed by atoms with Crippen LogP contribution >= 0.6 is 0 Å². The summed E-state index contributed by atoms with van der Waals surface area (Å²) in [6, 6.07) is 4.35. The number of carbonyl (C=O) groups is 2. The lowest BCUT2D eigenvalue weighted by Gasteiger charge is -2.41. The number of benzene rings is 1. The third-order valence-electron chi connectivity index (χ3n) is 6.63. The molecule has 5 N–H and O–H groups in total. The van der Waals surface area contributed by atoms with E-state index in [-0.39, 0.29) is 17.7 Å². The van der Waals surface area contributed by atoms with E-state index in [2.05, 4.69) is 16.5 Å². The van der Waals surface area contributed by atoms with Gasteiger partial charge < -0.3 is 26.3 Å². The Morgan fingerprint density at radius 3 is 2.82 bits per heavy atom. The number of esters is 1. The van der Waals surface area contributed by atoms with E-state index in [9.17, 15) is 9.59 Å². The Balaban J connectivity index is 1.80. The van der Waals surface area contributed by atoms with Gasteiger partial charge in [-0.3, -0.25) is 9.48 Å². The molecule has 0 saturated heterocycles. The SMILES string of the molecule is CC=CCC1COc2cc(C(=O)OC)cc3c2C1[C@@](N)(NC(=O)c1cc(C)nn1CC)C3N. The van der Waals surface area contributed by atoms with Crippen molar-refractivity contribution < 1.29 is 19.1 Å². The van der Waals surface area contributed by atoms with Crippen molar-refractivity contribution in [3.8, 4) is 5.75 Å². The van der Waals surface area contributed by atoms with E-state index in [0.717, 1.165) is 11.3 Å². The molecule has 0 radical (unpaired) electrons. The Bertz CT molecular complexity index is 1120. The van der Waals surface area contributed by atoms with E-state index < -0.39 is 17.7 Å². The van der Waals surface area contributed by atoms with Gasteiger partial charge in [0.05, 0.1) is 31.0 Å². The van der Waals surface area contributed by atoms with Crippen molar-refractivity contribution in [3.05, 3.63) is 58.4 Å². The normalized spacial score (nSPS) is 25.6. The van der Waals surface area contributed by atoms with Crippen molar-refractivity contribution in [2.45, 2.75) is 51.4 Å². The molecule has 1 aliphatic carbocycles. The second-order valence-corrected chi connectivity index (χ2v) is 8.67. The highest BCUT2D eigenvalue weighted by Gasteiger charge is 2.56. The van der Waals surface area contributed by atoms with Crippen LogP contribution in [0.4, 0.5) is 0 Å². The Labute approximate surface area is 193 Å². The number of aryl methyl sites for hydroxylation is 2. The van der Waals surface area contributed by atoms with Crippen molar-refractivity contribution in [3.63, 3.8) is 0 Å². The third kappa shape index (κ3) is 3.71. The van der Waals surface area contributed by atoms with Gasteiger partial charge in [-0.1, -0.05) is 12.2 Å². The average molecular weight is 454 g/mol. The second-order valence-electron chi connectivity index (χ2n) is 8.67. The summed E-state index contributed by atoms with van der Waals surface area (Å²) in [5, 5.41) is 7.41. The summed E-state index contributed by atoms with van der Waals surface area (Å²) in [7, 11) is 1.32. The molecule has 1 aromatic heterocycles. The zero-order valence-corrected chi connectivity index (χ0v) is 19.4. The average Bonchev–Trinajstić information content (AvgIpc) is 3.30. The maximum absolute atomic E-state index is 13.4. The van der Waals surface area contributed by atoms with E-state index in [0.29, 0.717) is 42.1 Å². The Hall–Kier alpha value is -3.17. The molecule has 33 heavy (non-hydrogen) atoms. The number of nitrogens with two attached hydrogens (primary N) is 2. The first-order valence-electron chi connectivity index (χ1n) is 11.2. The van der Waals surface area contributed by atoms with Gasteiger partial charge in [0.2, 0.25) is 0 Å². The predicted octanol–water partition coefficient (Wildman–Crippen LogP) is 2.15. The molecule has 176 valence electrons. The molecule has 1 aromatic carbocycles. The van der Waals surface area contributed by atoms with Gasteiger partial charge in [0.1, 0.15) is 17.1 Å². The number of nitrogens with zero attached hydrogens (tertiary/aromatic N) is 2. The van der Waals surface area contributed by atoms with Crippen molar-refractivity contribution in [1.29, 1.82) is 0 Å². The van der Waals surface area contributed by atoms with Crippen LogP contribution in [0.2, 0.25) is 0 Å². The van der Waals surface area contributed by atoms with Gasteiger partial charge in [-0.2, -0.15) is 5.10 Å². The minimum Gasteiger partial charge on any atom is -0.493 e. The topological polar surface area (TPSA) is 134 Å². The standard InChI is InChI=1S/C24H31N5O4/c1-5-7-8-14-12-33-18-11-15(23(31)32-4)10-16-19(18)20(14)24(26,21(16)25)27-22(30)17-9-13(3)28-29(17)6-2/h5,7,9-11,14,20-21H,6,8,12,25-26H2,1-4H3,(H,27,30)/t14?,20?,21?,24-/m1/s1. The number of allylic oxidation sites excluding steroid dienone is 2. The lowest BCUT2D eigenvalue weighted by molar-refractivity contribution is 0.0599. The summed E-state index contributed by atoms with van der Waals surface area (Å²) in [6.07, 6.45) is 4.75. The molecule has 4 atom stereocenters. The number of rotatable bonds is 6. The van der Waals surface area contributed by atoms with Crippen LogP contribution in [0.5, 0.6) is 5.75 Å². The van der Waals surface area contributed by atoms with Gasteiger partial charge >= 0.3 is 5.97 Å². The van der Waals surface area contributed by atoms with Crippen LogP contribution in [-0.4, -0.2) is 41.0 Å². The molecule has 0 saturated carbocycles. The van der Waals surface area contributed by atoms with E-state index in [1.54, 1.807) is 22.9 Å². The quantitative estimate of drug-likeness (QED) is 0.346. The van der Waals surface area contributed by atoms with Gasteiger partial charge in [0, 0.05) is 23.9 Å². The first kappa shape index (κ1) is 23.0. The Kier molecular flexibility index (Phi) is 6.02. The molecule has 0 spiro atoms. The van der Waals surface area contributed by atoms with Crippen LogP contribution in [0.1, 0.15) is 69.9 Å². The highest BCUT2D eigenvalue weighted by atomic mass is 16.5. The maximum Gasteiger partial charge on any atom is 0.337 e. The molecule has 3 unspecified atom stereocenters. The van der Waals surface area contributed by atoms with Crippen LogP contribution in [0.15, 0.2) is 30.4 Å². The minimum absolute atomic E-state index is 0.00639. The molecular formula is C24H31N5O4. The molecule has 0 bridgehead atoms. The van der Waals surface area contributed by atoms with E-state index in [4.69, 9.17) is 20.9 Å². The summed E-state index contributed by atoms with van der Waals surface area (Å²) in [5.41, 5.74) is 15.4. The zero-order chi connectivity index (χ0) is 23.9. The van der Waals surface area contributed by atoms with Crippen LogP contribution in [0.3, 0.4) is 0 Å². The van der Waals surface area contributed by atoms with E-state index in [1.165, 1.54) is 7.11 Å². The smallest absolute Gasteiger partial charge is 0.337 e.